The molecule has 0 fully saturated rings. The number of carbonyl (C=O) groups is 1. The Morgan fingerprint density at radius 2 is 1.76 bits per heavy atom. The van der Waals surface area contributed by atoms with Crippen LogP contribution < -0.4 is 5.32 Å². The molecule has 0 aliphatic carbocycles. The fourth-order valence-corrected chi connectivity index (χ4v) is 2.47. The van der Waals surface area contributed by atoms with Crippen molar-refractivity contribution in [2.45, 2.75) is 40.2 Å². The van der Waals surface area contributed by atoms with E-state index in [9.17, 15) is 4.79 Å². The van der Waals surface area contributed by atoms with Crippen LogP contribution in [0.1, 0.15) is 52.5 Å². The summed E-state index contributed by atoms with van der Waals surface area (Å²) in [4.78, 5) is 12.4. The van der Waals surface area contributed by atoms with Crippen LogP contribution in [0.2, 0.25) is 0 Å². The van der Waals surface area contributed by atoms with Gasteiger partial charge in [0.1, 0.15) is 0 Å². The Balaban J connectivity index is 2.10. The van der Waals surface area contributed by atoms with Crippen LogP contribution in [0.3, 0.4) is 0 Å². The zero-order chi connectivity index (χ0) is 15.4. The van der Waals surface area contributed by atoms with Crippen molar-refractivity contribution in [2.24, 2.45) is 0 Å². The first-order valence-electron chi connectivity index (χ1n) is 7.48. The second-order valence-electron chi connectivity index (χ2n) is 5.61. The molecule has 0 aliphatic heterocycles. The van der Waals surface area contributed by atoms with Gasteiger partial charge < -0.3 is 5.32 Å². The van der Waals surface area contributed by atoms with Crippen molar-refractivity contribution in [2.75, 3.05) is 0 Å². The molecule has 0 aromatic heterocycles. The highest BCUT2D eigenvalue weighted by Crippen LogP contribution is 2.16. The van der Waals surface area contributed by atoms with Crippen molar-refractivity contribution in [3.63, 3.8) is 0 Å². The molecule has 0 radical (unpaired) electrons. The number of hydrogen-bond acceptors (Lipinski definition) is 1. The van der Waals surface area contributed by atoms with E-state index in [1.165, 1.54) is 11.1 Å². The normalized spacial score (nSPS) is 12.0. The fraction of sp³-hybridized carbons (Fsp3) is 0.316. The van der Waals surface area contributed by atoms with Crippen LogP contribution in [-0.2, 0) is 6.42 Å². The molecule has 2 rings (SSSR count). The van der Waals surface area contributed by atoms with Crippen LogP contribution in [0, 0.1) is 13.8 Å². The number of carbonyl (C=O) groups excluding carboxylic acids is 1. The number of hydrogen-bond donors (Lipinski definition) is 1. The van der Waals surface area contributed by atoms with Gasteiger partial charge in [-0.05, 0) is 49.9 Å². The van der Waals surface area contributed by atoms with Crippen molar-refractivity contribution in [1.82, 2.24) is 5.32 Å². The van der Waals surface area contributed by atoms with Gasteiger partial charge in [-0.2, -0.15) is 0 Å². The van der Waals surface area contributed by atoms with Gasteiger partial charge in [-0.15, -0.1) is 0 Å². The van der Waals surface area contributed by atoms with Crippen LogP contribution in [-0.4, -0.2) is 5.91 Å². The fourth-order valence-electron chi connectivity index (χ4n) is 2.47. The summed E-state index contributed by atoms with van der Waals surface area (Å²) in [6.07, 6.45) is 1.03. The molecule has 21 heavy (non-hydrogen) atoms. The molecule has 0 spiro atoms. The standard InChI is InChI=1S/C19H23NO/c1-5-16-7-9-17(10-8-16)15(4)20-19(21)18-11-6-13(2)12-14(18)3/h6-12,15H,5H2,1-4H3,(H,20,21)/t15-/m0/s1. The lowest BCUT2D eigenvalue weighted by atomic mass is 10.0. The maximum Gasteiger partial charge on any atom is 0.252 e. The summed E-state index contributed by atoms with van der Waals surface area (Å²) in [5.41, 5.74) is 5.38. The van der Waals surface area contributed by atoms with Gasteiger partial charge in [0.05, 0.1) is 6.04 Å². The number of rotatable bonds is 4. The molecule has 110 valence electrons. The van der Waals surface area contributed by atoms with E-state index in [-0.39, 0.29) is 11.9 Å². The Hall–Kier alpha value is -2.09. The molecular formula is C19H23NO. The van der Waals surface area contributed by atoms with Gasteiger partial charge in [-0.3, -0.25) is 4.79 Å². The van der Waals surface area contributed by atoms with E-state index in [1.54, 1.807) is 0 Å². The number of aryl methyl sites for hydroxylation is 3. The third-order valence-electron chi connectivity index (χ3n) is 3.86. The quantitative estimate of drug-likeness (QED) is 0.886. The number of nitrogens with one attached hydrogen (secondary N) is 1. The van der Waals surface area contributed by atoms with E-state index < -0.39 is 0 Å². The first kappa shape index (κ1) is 15.3. The molecular weight excluding hydrogens is 258 g/mol. The van der Waals surface area contributed by atoms with Crippen molar-refractivity contribution in [3.8, 4) is 0 Å². The second kappa shape index (κ2) is 6.57. The molecule has 2 aromatic rings. The number of benzene rings is 2. The third-order valence-corrected chi connectivity index (χ3v) is 3.86. The van der Waals surface area contributed by atoms with Gasteiger partial charge in [0.15, 0.2) is 0 Å². The molecule has 0 bridgehead atoms. The lowest BCUT2D eigenvalue weighted by molar-refractivity contribution is 0.0939. The van der Waals surface area contributed by atoms with E-state index in [0.29, 0.717) is 0 Å². The second-order valence-corrected chi connectivity index (χ2v) is 5.61. The Kier molecular flexibility index (Phi) is 4.79. The highest BCUT2D eigenvalue weighted by molar-refractivity contribution is 5.95. The van der Waals surface area contributed by atoms with E-state index >= 15 is 0 Å². The molecule has 2 aromatic carbocycles. The van der Waals surface area contributed by atoms with E-state index in [2.05, 4.69) is 36.5 Å². The monoisotopic (exact) mass is 281 g/mol. The molecule has 2 heteroatoms. The molecule has 1 atom stereocenters. The molecule has 0 saturated carbocycles. The molecule has 0 unspecified atom stereocenters. The van der Waals surface area contributed by atoms with Gasteiger partial charge >= 0.3 is 0 Å². The van der Waals surface area contributed by atoms with Gasteiger partial charge in [0, 0.05) is 5.56 Å². The van der Waals surface area contributed by atoms with Crippen LogP contribution in [0.25, 0.3) is 0 Å². The topological polar surface area (TPSA) is 29.1 Å². The van der Waals surface area contributed by atoms with E-state index in [1.807, 2.05) is 39.0 Å². The highest BCUT2D eigenvalue weighted by Gasteiger charge is 2.13. The summed E-state index contributed by atoms with van der Waals surface area (Å²) < 4.78 is 0. The lowest BCUT2D eigenvalue weighted by Gasteiger charge is -2.16. The van der Waals surface area contributed by atoms with Crippen molar-refractivity contribution in [1.29, 1.82) is 0 Å². The smallest absolute Gasteiger partial charge is 0.252 e. The van der Waals surface area contributed by atoms with Gasteiger partial charge in [0.25, 0.3) is 5.91 Å². The predicted molar refractivity (Wildman–Crippen MR) is 87.6 cm³/mol. The average molecular weight is 281 g/mol. The van der Waals surface area contributed by atoms with Crippen LogP contribution in [0.4, 0.5) is 0 Å². The summed E-state index contributed by atoms with van der Waals surface area (Å²) in [5, 5.41) is 3.07. The van der Waals surface area contributed by atoms with Gasteiger partial charge in [-0.25, -0.2) is 0 Å². The molecule has 0 heterocycles. The Morgan fingerprint density at radius 3 is 2.33 bits per heavy atom. The predicted octanol–water partition coefficient (Wildman–Crippen LogP) is 4.36. The largest absolute Gasteiger partial charge is 0.346 e. The summed E-state index contributed by atoms with van der Waals surface area (Å²) in [6.45, 7) is 8.16. The van der Waals surface area contributed by atoms with Crippen LogP contribution >= 0.6 is 0 Å². The van der Waals surface area contributed by atoms with Crippen molar-refractivity contribution < 1.29 is 4.79 Å². The van der Waals surface area contributed by atoms with Gasteiger partial charge in [-0.1, -0.05) is 48.9 Å². The SMILES string of the molecule is CCc1ccc([C@H](C)NC(=O)c2ccc(C)cc2C)cc1. The number of amides is 1. The third kappa shape index (κ3) is 3.72. The maximum absolute atomic E-state index is 12.4. The minimum Gasteiger partial charge on any atom is -0.346 e. The van der Waals surface area contributed by atoms with Crippen molar-refractivity contribution in [3.05, 3.63) is 70.3 Å². The average Bonchev–Trinajstić information content (AvgIpc) is 2.47. The van der Waals surface area contributed by atoms with Gasteiger partial charge in [0.2, 0.25) is 0 Å². The highest BCUT2D eigenvalue weighted by atomic mass is 16.1. The molecule has 1 N–H and O–H groups in total. The van der Waals surface area contributed by atoms with Crippen LogP contribution in [0.5, 0.6) is 0 Å². The Morgan fingerprint density at radius 1 is 1.10 bits per heavy atom. The molecule has 1 amide bonds. The first-order chi connectivity index (χ1) is 10.0. The summed E-state index contributed by atoms with van der Waals surface area (Å²) in [7, 11) is 0. The summed E-state index contributed by atoms with van der Waals surface area (Å²) in [6, 6.07) is 14.3. The maximum atomic E-state index is 12.4. The minimum atomic E-state index is -0.0143. The molecule has 0 saturated heterocycles. The zero-order valence-corrected chi connectivity index (χ0v) is 13.2. The molecule has 2 nitrogen and oxygen atoms in total. The van der Waals surface area contributed by atoms with Crippen LogP contribution in [0.15, 0.2) is 42.5 Å². The molecule has 0 aliphatic rings. The lowest BCUT2D eigenvalue weighted by Crippen LogP contribution is -2.27. The zero-order valence-electron chi connectivity index (χ0n) is 13.2. The summed E-state index contributed by atoms with van der Waals surface area (Å²) in [5.74, 6) is -0.0143. The summed E-state index contributed by atoms with van der Waals surface area (Å²) >= 11 is 0. The van der Waals surface area contributed by atoms with E-state index in [0.717, 1.165) is 23.1 Å². The van der Waals surface area contributed by atoms with E-state index in [4.69, 9.17) is 0 Å². The minimum absolute atomic E-state index is 0.00380. The van der Waals surface area contributed by atoms with Crippen molar-refractivity contribution >= 4 is 5.91 Å². The Bertz CT molecular complexity index is 629. The first-order valence-corrected chi connectivity index (χ1v) is 7.48. The Labute approximate surface area is 127 Å².